The zero-order chi connectivity index (χ0) is 44.9. The summed E-state index contributed by atoms with van der Waals surface area (Å²) in [5, 5.41) is 0. The molecule has 0 aliphatic carbocycles. The number of esters is 2. The van der Waals surface area contributed by atoms with E-state index in [1.165, 1.54) is 83.5 Å². The van der Waals surface area contributed by atoms with Crippen molar-refractivity contribution in [2.75, 3.05) is 19.8 Å². The Morgan fingerprint density at radius 3 is 1.18 bits per heavy atom. The molecule has 0 radical (unpaired) electrons. The van der Waals surface area contributed by atoms with Gasteiger partial charge < -0.3 is 14.2 Å². The molecule has 0 N–H and O–H groups in total. The average Bonchev–Trinajstić information content (AvgIpc) is 3.27. The van der Waals surface area contributed by atoms with Crippen molar-refractivity contribution in [2.45, 2.75) is 232 Å². The fraction of sp³-hybridized carbons (Fsp3) is 0.684. The lowest BCUT2D eigenvalue weighted by atomic mass is 10.1. The monoisotopic (exact) mass is 861 g/mol. The first kappa shape index (κ1) is 58.8. The van der Waals surface area contributed by atoms with Crippen molar-refractivity contribution in [1.82, 2.24) is 0 Å². The lowest BCUT2D eigenvalue weighted by Crippen LogP contribution is -2.30. The number of carbonyl (C=O) groups is 2. The summed E-state index contributed by atoms with van der Waals surface area (Å²) in [6, 6.07) is 0. The molecule has 0 aromatic rings. The van der Waals surface area contributed by atoms with E-state index >= 15 is 0 Å². The molecular formula is C57H96O5. The third-order valence-electron chi connectivity index (χ3n) is 10.6. The summed E-state index contributed by atoms with van der Waals surface area (Å²) in [4.78, 5) is 25.4. The van der Waals surface area contributed by atoms with Crippen LogP contribution in [-0.2, 0) is 23.8 Å². The number of carbonyl (C=O) groups excluding carboxylic acids is 2. The van der Waals surface area contributed by atoms with Crippen LogP contribution in [0.15, 0.2) is 97.2 Å². The third kappa shape index (κ3) is 49.5. The first-order chi connectivity index (χ1) is 30.6. The van der Waals surface area contributed by atoms with Crippen molar-refractivity contribution in [3.05, 3.63) is 97.2 Å². The quantitative estimate of drug-likeness (QED) is 0.0347. The molecule has 0 saturated carbocycles. The Hall–Kier alpha value is -3.18. The Kier molecular flexibility index (Phi) is 49.5. The summed E-state index contributed by atoms with van der Waals surface area (Å²) >= 11 is 0. The second kappa shape index (κ2) is 52.2. The van der Waals surface area contributed by atoms with Gasteiger partial charge in [-0.05, 0) is 96.3 Å². The van der Waals surface area contributed by atoms with E-state index in [-0.39, 0.29) is 25.2 Å². The molecule has 5 heteroatoms. The predicted octanol–water partition coefficient (Wildman–Crippen LogP) is 17.5. The van der Waals surface area contributed by atoms with E-state index in [4.69, 9.17) is 14.2 Å². The largest absolute Gasteiger partial charge is 0.462 e. The molecule has 0 saturated heterocycles. The van der Waals surface area contributed by atoms with E-state index in [0.717, 1.165) is 109 Å². The highest BCUT2D eigenvalue weighted by molar-refractivity contribution is 5.70. The second-order valence-corrected chi connectivity index (χ2v) is 16.7. The molecule has 1 atom stereocenters. The zero-order valence-corrected chi connectivity index (χ0v) is 40.6. The van der Waals surface area contributed by atoms with Gasteiger partial charge in [-0.2, -0.15) is 0 Å². The van der Waals surface area contributed by atoms with Crippen LogP contribution in [0.5, 0.6) is 0 Å². The van der Waals surface area contributed by atoms with Gasteiger partial charge in [0.2, 0.25) is 0 Å². The lowest BCUT2D eigenvalue weighted by Gasteiger charge is -2.18. The van der Waals surface area contributed by atoms with Crippen molar-refractivity contribution < 1.29 is 23.8 Å². The van der Waals surface area contributed by atoms with Gasteiger partial charge in [0, 0.05) is 19.4 Å². The Balaban J connectivity index is 4.33. The van der Waals surface area contributed by atoms with Crippen LogP contribution in [-0.4, -0.2) is 37.9 Å². The molecule has 0 heterocycles. The molecule has 354 valence electrons. The maximum Gasteiger partial charge on any atom is 0.306 e. The van der Waals surface area contributed by atoms with Crippen LogP contribution < -0.4 is 0 Å². The van der Waals surface area contributed by atoms with Gasteiger partial charge in [-0.25, -0.2) is 0 Å². The molecule has 0 aromatic carbocycles. The SMILES string of the molecule is CC/C=C\C/C=C\C/C=C\C/C=C\C/C=C\CCCCCC(=O)OCC(COCCCCCCCC/C=C\C/C=C\C/C=C\CC)OC(=O)CCCCCCCCCCCCC. The van der Waals surface area contributed by atoms with Crippen LogP contribution in [0.25, 0.3) is 0 Å². The number of ether oxygens (including phenoxy) is 3. The van der Waals surface area contributed by atoms with Gasteiger partial charge in [0.25, 0.3) is 0 Å². The van der Waals surface area contributed by atoms with E-state index in [0.29, 0.717) is 19.4 Å². The Morgan fingerprint density at radius 1 is 0.371 bits per heavy atom. The van der Waals surface area contributed by atoms with Crippen molar-refractivity contribution in [2.24, 2.45) is 0 Å². The van der Waals surface area contributed by atoms with Crippen molar-refractivity contribution in [1.29, 1.82) is 0 Å². The highest BCUT2D eigenvalue weighted by atomic mass is 16.6. The fourth-order valence-corrected chi connectivity index (χ4v) is 6.84. The van der Waals surface area contributed by atoms with Crippen molar-refractivity contribution >= 4 is 11.9 Å². The molecule has 0 spiro atoms. The van der Waals surface area contributed by atoms with Crippen molar-refractivity contribution in [3.8, 4) is 0 Å². The minimum Gasteiger partial charge on any atom is -0.462 e. The van der Waals surface area contributed by atoms with Crippen LogP contribution in [0.2, 0.25) is 0 Å². The van der Waals surface area contributed by atoms with Crippen LogP contribution in [0.4, 0.5) is 0 Å². The number of hydrogen-bond acceptors (Lipinski definition) is 5. The maximum atomic E-state index is 12.8. The minimum absolute atomic E-state index is 0.0594. The number of rotatable bonds is 46. The Morgan fingerprint density at radius 2 is 0.726 bits per heavy atom. The van der Waals surface area contributed by atoms with E-state index < -0.39 is 6.10 Å². The standard InChI is InChI=1S/C57H96O5/c1-4-7-10-13-16-19-22-24-26-28-29-30-31-33-36-38-41-44-47-50-56(58)61-54-55(62-57(59)51-48-45-42-39-35-21-18-15-12-9-6-3)53-60-52-49-46-43-40-37-34-32-27-25-23-20-17-14-11-8-5-2/h7-8,10-11,16-17,19-20,24-27,29-30,33,36,55H,4-6,9,12-15,18,21-23,28,31-32,34-35,37-54H2,1-3H3/b10-7-,11-8-,19-16-,20-17-,26-24-,27-25-,30-29-,36-33-. The van der Waals surface area contributed by atoms with Gasteiger partial charge in [-0.3, -0.25) is 9.59 Å². The molecule has 0 rings (SSSR count). The summed E-state index contributed by atoms with van der Waals surface area (Å²) in [5.74, 6) is -0.444. The van der Waals surface area contributed by atoms with Gasteiger partial charge in [0.05, 0.1) is 6.61 Å². The maximum absolute atomic E-state index is 12.8. The second-order valence-electron chi connectivity index (χ2n) is 16.7. The van der Waals surface area contributed by atoms with Gasteiger partial charge in [0.1, 0.15) is 6.61 Å². The summed E-state index contributed by atoms with van der Waals surface area (Å²) in [6.07, 6.45) is 69.8. The van der Waals surface area contributed by atoms with Crippen LogP contribution >= 0.6 is 0 Å². The van der Waals surface area contributed by atoms with Gasteiger partial charge >= 0.3 is 11.9 Å². The molecule has 0 aliphatic heterocycles. The fourth-order valence-electron chi connectivity index (χ4n) is 6.84. The molecule has 0 bridgehead atoms. The van der Waals surface area contributed by atoms with E-state index in [1.807, 2.05) is 0 Å². The highest BCUT2D eigenvalue weighted by Gasteiger charge is 2.17. The Bertz CT molecular complexity index is 1200. The lowest BCUT2D eigenvalue weighted by molar-refractivity contribution is -0.163. The summed E-state index contributed by atoms with van der Waals surface area (Å²) in [7, 11) is 0. The molecule has 0 fully saturated rings. The molecule has 62 heavy (non-hydrogen) atoms. The average molecular weight is 861 g/mol. The molecular weight excluding hydrogens is 765 g/mol. The van der Waals surface area contributed by atoms with E-state index in [2.05, 4.69) is 118 Å². The van der Waals surface area contributed by atoms with Gasteiger partial charge in [-0.15, -0.1) is 0 Å². The number of unbranched alkanes of at least 4 members (excludes halogenated alkanes) is 19. The highest BCUT2D eigenvalue weighted by Crippen LogP contribution is 2.14. The number of hydrogen-bond donors (Lipinski definition) is 0. The minimum atomic E-state index is -0.559. The zero-order valence-electron chi connectivity index (χ0n) is 40.6. The van der Waals surface area contributed by atoms with Gasteiger partial charge in [0.15, 0.2) is 6.10 Å². The van der Waals surface area contributed by atoms with Crippen molar-refractivity contribution in [3.63, 3.8) is 0 Å². The molecule has 0 aliphatic rings. The van der Waals surface area contributed by atoms with E-state index in [1.54, 1.807) is 0 Å². The molecule has 0 amide bonds. The summed E-state index contributed by atoms with van der Waals surface area (Å²) in [5.41, 5.74) is 0. The Labute approximate surface area is 383 Å². The smallest absolute Gasteiger partial charge is 0.306 e. The first-order valence-corrected chi connectivity index (χ1v) is 25.8. The summed E-state index contributed by atoms with van der Waals surface area (Å²) in [6.45, 7) is 7.54. The van der Waals surface area contributed by atoms with Crippen LogP contribution in [0, 0.1) is 0 Å². The first-order valence-electron chi connectivity index (χ1n) is 25.8. The predicted molar refractivity (Wildman–Crippen MR) is 270 cm³/mol. The molecule has 1 unspecified atom stereocenters. The molecule has 0 aromatic heterocycles. The van der Waals surface area contributed by atoms with Gasteiger partial charge in [-0.1, -0.05) is 214 Å². The summed E-state index contributed by atoms with van der Waals surface area (Å²) < 4.78 is 17.4. The topological polar surface area (TPSA) is 61.8 Å². The van der Waals surface area contributed by atoms with Crippen LogP contribution in [0.3, 0.4) is 0 Å². The van der Waals surface area contributed by atoms with E-state index in [9.17, 15) is 9.59 Å². The van der Waals surface area contributed by atoms with Crippen LogP contribution in [0.1, 0.15) is 226 Å². The number of allylic oxidation sites excluding steroid dienone is 16. The normalized spacial score (nSPS) is 13.0. The third-order valence-corrected chi connectivity index (χ3v) is 10.6. The molecule has 5 nitrogen and oxygen atoms in total.